The van der Waals surface area contributed by atoms with Gasteiger partial charge in [-0.15, -0.1) is 6.42 Å². The maximum Gasteiger partial charge on any atom is 0.408 e. The Morgan fingerprint density at radius 1 is 1.11 bits per heavy atom. The smallest absolute Gasteiger partial charge is 0.408 e. The maximum atomic E-state index is 14.1. The van der Waals surface area contributed by atoms with Gasteiger partial charge in [-0.2, -0.15) is 11.8 Å². The molecule has 0 saturated carbocycles. The predicted octanol–water partition coefficient (Wildman–Crippen LogP) is 3.27. The van der Waals surface area contributed by atoms with Crippen LogP contribution in [-0.2, 0) is 23.9 Å². The quantitative estimate of drug-likeness (QED) is 0.350. The van der Waals surface area contributed by atoms with Crippen molar-refractivity contribution in [3.05, 3.63) is 35.4 Å². The largest absolute Gasteiger partial charge is 0.468 e. The lowest BCUT2D eigenvalue weighted by Gasteiger charge is -2.43. The summed E-state index contributed by atoms with van der Waals surface area (Å²) in [5.41, 5.74) is -0.817. The van der Waals surface area contributed by atoms with Crippen molar-refractivity contribution in [1.29, 1.82) is 0 Å². The third-order valence-electron chi connectivity index (χ3n) is 5.11. The van der Waals surface area contributed by atoms with Gasteiger partial charge in [0.05, 0.1) is 7.11 Å². The summed E-state index contributed by atoms with van der Waals surface area (Å²) >= 11 is 1.52. The zero-order chi connectivity index (χ0) is 28.4. The monoisotopic (exact) mass is 533 g/mol. The number of methoxy groups -OCH3 is 1. The molecular formula is C27H39N3O6S. The molecule has 0 heterocycles. The molecule has 0 aliphatic rings. The Labute approximate surface area is 224 Å². The van der Waals surface area contributed by atoms with E-state index in [1.54, 1.807) is 65.8 Å². The van der Waals surface area contributed by atoms with Crippen molar-refractivity contribution in [3.63, 3.8) is 0 Å². The van der Waals surface area contributed by atoms with Crippen LogP contribution in [-0.4, -0.2) is 71.6 Å². The average molecular weight is 534 g/mol. The highest BCUT2D eigenvalue weighted by atomic mass is 32.2. The molecule has 2 N–H and O–H groups in total. The highest BCUT2D eigenvalue weighted by molar-refractivity contribution is 7.98. The van der Waals surface area contributed by atoms with E-state index in [-0.39, 0.29) is 6.54 Å². The lowest BCUT2D eigenvalue weighted by molar-refractivity contribution is -0.149. The molecule has 0 aromatic heterocycles. The number of esters is 1. The Bertz CT molecular complexity index is 1010. The van der Waals surface area contributed by atoms with E-state index >= 15 is 0 Å². The number of alkyl carbamates (subject to hydrolysis) is 1. The van der Waals surface area contributed by atoms with Gasteiger partial charge in [-0.05, 0) is 71.6 Å². The van der Waals surface area contributed by atoms with Gasteiger partial charge in [0.15, 0.2) is 0 Å². The van der Waals surface area contributed by atoms with E-state index in [1.165, 1.54) is 23.8 Å². The second-order valence-corrected chi connectivity index (χ2v) is 11.3. The summed E-state index contributed by atoms with van der Waals surface area (Å²) in [5, 5.41) is 5.23. The molecule has 0 bridgehead atoms. The Hall–Kier alpha value is -3.19. The van der Waals surface area contributed by atoms with E-state index in [0.29, 0.717) is 23.3 Å². The summed E-state index contributed by atoms with van der Waals surface area (Å²) < 4.78 is 10.0. The number of nitrogens with zero attached hydrogens (tertiary/aromatic N) is 1. The van der Waals surface area contributed by atoms with Gasteiger partial charge < -0.3 is 25.0 Å². The average Bonchev–Trinajstić information content (AvgIpc) is 2.80. The summed E-state index contributed by atoms with van der Waals surface area (Å²) in [5.74, 6) is 1.40. The fourth-order valence-electron chi connectivity index (χ4n) is 3.55. The van der Waals surface area contributed by atoms with E-state index in [4.69, 9.17) is 11.2 Å². The van der Waals surface area contributed by atoms with Crippen LogP contribution < -0.4 is 10.6 Å². The van der Waals surface area contributed by atoms with Crippen LogP contribution in [0, 0.1) is 12.3 Å². The predicted molar refractivity (Wildman–Crippen MR) is 145 cm³/mol. The number of carbonyl (C=O) groups is 4. The van der Waals surface area contributed by atoms with Crippen LogP contribution in [0.5, 0.6) is 0 Å². The van der Waals surface area contributed by atoms with E-state index < -0.39 is 47.1 Å². The summed E-state index contributed by atoms with van der Waals surface area (Å²) in [6, 6.07) is 4.62. The second-order valence-electron chi connectivity index (χ2n) is 10.3. The standard InChI is InChI=1S/C27H39N3O6S/c1-10-18-13-11-12-14-19(18)22(23(32)28-17-21(31)35-8)30(26(2,3)4)24(33)20(15-16-37-9)29-25(34)36-27(5,6)7/h1,11-14,20,22H,15-17H2,2-9H3,(H,28,32)(H,29,34). The molecule has 37 heavy (non-hydrogen) atoms. The molecule has 1 rings (SSSR count). The first-order valence-corrected chi connectivity index (χ1v) is 13.3. The van der Waals surface area contributed by atoms with Crippen molar-refractivity contribution in [3.8, 4) is 12.3 Å². The zero-order valence-electron chi connectivity index (χ0n) is 23.0. The molecule has 2 atom stereocenters. The molecular weight excluding hydrogens is 494 g/mol. The topological polar surface area (TPSA) is 114 Å². The molecule has 204 valence electrons. The van der Waals surface area contributed by atoms with Gasteiger partial charge >= 0.3 is 12.1 Å². The molecule has 10 heteroatoms. The number of nitrogens with one attached hydrogen (secondary N) is 2. The van der Waals surface area contributed by atoms with E-state index in [1.807, 2.05) is 6.26 Å². The molecule has 0 aliphatic heterocycles. The third kappa shape index (κ3) is 10.00. The van der Waals surface area contributed by atoms with Gasteiger partial charge in [-0.1, -0.05) is 24.1 Å². The van der Waals surface area contributed by atoms with Gasteiger partial charge in [-0.25, -0.2) is 4.79 Å². The van der Waals surface area contributed by atoms with Crippen LogP contribution >= 0.6 is 11.8 Å². The number of rotatable bonds is 10. The molecule has 1 aromatic carbocycles. The fourth-order valence-corrected chi connectivity index (χ4v) is 4.02. The van der Waals surface area contributed by atoms with Crippen LogP contribution in [0.2, 0.25) is 0 Å². The number of benzene rings is 1. The van der Waals surface area contributed by atoms with Crippen LogP contribution in [0.4, 0.5) is 4.79 Å². The van der Waals surface area contributed by atoms with Crippen molar-refractivity contribution in [2.45, 2.75) is 71.2 Å². The molecule has 0 radical (unpaired) electrons. The third-order valence-corrected chi connectivity index (χ3v) is 5.76. The molecule has 0 aliphatic carbocycles. The fraction of sp³-hybridized carbons (Fsp3) is 0.556. The van der Waals surface area contributed by atoms with Gasteiger partial charge in [0.1, 0.15) is 24.2 Å². The van der Waals surface area contributed by atoms with Crippen molar-refractivity contribution >= 4 is 35.6 Å². The summed E-state index contributed by atoms with van der Waals surface area (Å²) in [4.78, 5) is 53.5. The van der Waals surface area contributed by atoms with Gasteiger partial charge in [-0.3, -0.25) is 14.4 Å². The Morgan fingerprint density at radius 3 is 2.24 bits per heavy atom. The number of terminal acetylenes is 1. The van der Waals surface area contributed by atoms with Crippen molar-refractivity contribution in [1.82, 2.24) is 15.5 Å². The van der Waals surface area contributed by atoms with E-state index in [2.05, 4.69) is 21.3 Å². The number of amides is 3. The van der Waals surface area contributed by atoms with E-state index in [9.17, 15) is 19.2 Å². The van der Waals surface area contributed by atoms with Crippen LogP contribution in [0.15, 0.2) is 24.3 Å². The number of thioether (sulfide) groups is 1. The molecule has 2 unspecified atom stereocenters. The van der Waals surface area contributed by atoms with Gasteiger partial charge in [0.2, 0.25) is 11.8 Å². The Morgan fingerprint density at radius 2 is 1.73 bits per heavy atom. The molecule has 1 aromatic rings. The van der Waals surface area contributed by atoms with Gasteiger partial charge in [0, 0.05) is 11.1 Å². The minimum Gasteiger partial charge on any atom is -0.468 e. The number of carbonyl (C=O) groups excluding carboxylic acids is 4. The SMILES string of the molecule is C#Cc1ccccc1C(C(=O)NCC(=O)OC)N(C(=O)C(CCSC)NC(=O)OC(C)(C)C)C(C)(C)C. The van der Waals surface area contributed by atoms with Crippen molar-refractivity contribution < 1.29 is 28.7 Å². The summed E-state index contributed by atoms with van der Waals surface area (Å²) in [6.07, 6.45) is 7.19. The lowest BCUT2D eigenvalue weighted by atomic mass is 9.92. The zero-order valence-corrected chi connectivity index (χ0v) is 23.8. The summed E-state index contributed by atoms with van der Waals surface area (Å²) in [6.45, 7) is 10.1. The van der Waals surface area contributed by atoms with Crippen molar-refractivity contribution in [2.24, 2.45) is 0 Å². The molecule has 0 saturated heterocycles. The first kappa shape index (κ1) is 31.8. The minimum atomic E-state index is -1.19. The number of ether oxygens (including phenoxy) is 2. The molecule has 9 nitrogen and oxygen atoms in total. The summed E-state index contributed by atoms with van der Waals surface area (Å²) in [7, 11) is 1.21. The number of hydrogen-bond acceptors (Lipinski definition) is 7. The van der Waals surface area contributed by atoms with Gasteiger partial charge in [0.25, 0.3) is 0 Å². The first-order chi connectivity index (χ1) is 17.2. The van der Waals surface area contributed by atoms with Crippen LogP contribution in [0.1, 0.15) is 65.1 Å². The molecule has 3 amide bonds. The Balaban J connectivity index is 3.62. The first-order valence-electron chi connectivity index (χ1n) is 11.9. The van der Waals surface area contributed by atoms with Crippen LogP contribution in [0.25, 0.3) is 0 Å². The van der Waals surface area contributed by atoms with Crippen molar-refractivity contribution in [2.75, 3.05) is 25.7 Å². The highest BCUT2D eigenvalue weighted by Crippen LogP contribution is 2.32. The maximum absolute atomic E-state index is 14.1. The molecule has 0 fully saturated rings. The number of hydrogen-bond donors (Lipinski definition) is 2. The molecule has 0 spiro atoms. The lowest BCUT2D eigenvalue weighted by Crippen LogP contribution is -2.59. The Kier molecular flexibility index (Phi) is 12.0. The van der Waals surface area contributed by atoms with Crippen LogP contribution in [0.3, 0.4) is 0 Å². The highest BCUT2D eigenvalue weighted by Gasteiger charge is 2.42. The normalized spacial score (nSPS) is 12.9. The second kappa shape index (κ2) is 13.9. The minimum absolute atomic E-state index is 0.305. The van der Waals surface area contributed by atoms with E-state index in [0.717, 1.165) is 0 Å².